The Hall–Kier alpha value is -4.16. The Bertz CT molecular complexity index is 2480. The number of fused-ring (bicyclic) bond motifs is 1. The third-order valence-corrected chi connectivity index (χ3v) is 14.0. The van der Waals surface area contributed by atoms with Crippen LogP contribution in [-0.4, -0.2) is 183 Å². The maximum atomic E-state index is 12.7. The number of carboxylic acids is 1. The number of nitrogens with two attached hydrogens (primary N) is 2. The first-order valence-corrected chi connectivity index (χ1v) is 26.9. The fraction of sp³-hybridized carbons (Fsp3) is 0.645. The second kappa shape index (κ2) is 25.5. The number of anilines is 1. The van der Waals surface area contributed by atoms with E-state index in [-0.39, 0.29) is 48.7 Å². The Kier molecular flexibility index (Phi) is 21.9. The second-order valence-electron chi connectivity index (χ2n) is 15.4. The van der Waals surface area contributed by atoms with Crippen LogP contribution in [0.5, 0.6) is 0 Å². The van der Waals surface area contributed by atoms with E-state index in [0.29, 0.717) is 11.8 Å². The highest BCUT2D eigenvalue weighted by Crippen LogP contribution is 2.61. The number of ether oxygens (including phenoxy) is 1. The molecule has 0 bridgehead atoms. The quantitative estimate of drug-likeness (QED) is 0.0207. The van der Waals surface area contributed by atoms with Gasteiger partial charge in [-0.15, -0.1) is 0 Å². The number of amides is 4. The third kappa shape index (κ3) is 19.8. The molecule has 1 aliphatic rings. The number of carbonyl (C=O) groups is 6. The fourth-order valence-electron chi connectivity index (χ4n) is 5.74. The summed E-state index contributed by atoms with van der Waals surface area (Å²) in [5, 5.41) is 38.1. The summed E-state index contributed by atoms with van der Waals surface area (Å²) in [4.78, 5) is 123. The molecule has 9 atom stereocenters. The summed E-state index contributed by atoms with van der Waals surface area (Å²) in [5.74, 6) is -6.69. The number of imidazole rings is 1. The van der Waals surface area contributed by atoms with Crippen LogP contribution in [-0.2, 0) is 75.2 Å². The van der Waals surface area contributed by atoms with Crippen molar-refractivity contribution in [2.75, 3.05) is 50.1 Å². The van der Waals surface area contributed by atoms with Crippen molar-refractivity contribution in [1.82, 2.24) is 40.8 Å². The summed E-state index contributed by atoms with van der Waals surface area (Å²) in [6.07, 6.45) is -8.21. The molecule has 9 unspecified atom stereocenters. The van der Waals surface area contributed by atoms with Gasteiger partial charge in [0.05, 0.1) is 25.6 Å². The number of carbonyl (C=O) groups excluding carboxylic acids is 5. The number of aliphatic hydroxyl groups is 2. The predicted molar refractivity (Wildman–Crippen MR) is 233 cm³/mol. The minimum Gasteiger partial charge on any atom is -0.480 e. The Balaban J connectivity index is 1.40. The van der Waals surface area contributed by atoms with Crippen LogP contribution in [0, 0.1) is 5.41 Å². The molecule has 34 nitrogen and oxygen atoms in total. The molecule has 0 aromatic carbocycles. The van der Waals surface area contributed by atoms with E-state index in [1.807, 2.05) is 10.6 Å². The number of rotatable bonds is 29. The van der Waals surface area contributed by atoms with E-state index in [4.69, 9.17) is 34.9 Å². The van der Waals surface area contributed by atoms with Crippen molar-refractivity contribution < 1.29 is 113 Å². The molecule has 39 heteroatoms. The number of nitrogens with one attached hydrogen (secondary N) is 4. The van der Waals surface area contributed by atoms with Gasteiger partial charge in [0.25, 0.3) is 10.1 Å². The topological polar surface area (TPSA) is 540 Å². The lowest BCUT2D eigenvalue weighted by atomic mass is 9.87. The first-order valence-electron chi connectivity index (χ1n) is 19.8. The number of aromatic nitrogens is 4. The summed E-state index contributed by atoms with van der Waals surface area (Å²) in [6, 6.07) is -3.09. The van der Waals surface area contributed by atoms with Gasteiger partial charge in [-0.05, 0) is 6.42 Å². The van der Waals surface area contributed by atoms with Crippen molar-refractivity contribution in [2.24, 2.45) is 11.1 Å². The summed E-state index contributed by atoms with van der Waals surface area (Å²) < 4.78 is 93.7. The van der Waals surface area contributed by atoms with Gasteiger partial charge in [-0.3, -0.25) is 51.5 Å². The number of carboxylic acid groups (broad SMARTS) is 1. The maximum absolute atomic E-state index is 12.7. The summed E-state index contributed by atoms with van der Waals surface area (Å²) >= 11 is 0.677. The van der Waals surface area contributed by atoms with Crippen LogP contribution in [0.4, 0.5) is 5.82 Å². The van der Waals surface area contributed by atoms with Gasteiger partial charge < -0.3 is 72.4 Å². The number of hydrogen-bond acceptors (Lipinski definition) is 24. The molecule has 0 aliphatic carbocycles. The molecule has 1 fully saturated rings. The normalized spacial score (nSPS) is 20.6. The number of thioether (sulfide) groups is 1. The standard InChI is InChI=1S/C31H51N10O24P3S2/c1-31(2,12-62-68(56,57)65-67(54,55)61-10-17-23(64-66(51,52)53)22(46)29(63-17)41-14-39-21-25(33)37-13-38-26(21)41)24(47)28(49)35-6-5-18(42)34-7-8-69-30(50)15(32)3-4-19(43)40-16(11-70(58,59)60)27(48)36-9-20(44)45/h13-17,22-24,29,46-47H,3-12,32H2,1-2H3,(H,34,42)(H,35,49)(H,36,48)(H,40,43)(H,44,45)(H,54,55)(H,56,57)(H2,33,37,38)(H2,51,52,53)(H,58,59,60). The van der Waals surface area contributed by atoms with Crippen LogP contribution in [0.1, 0.15) is 39.3 Å². The molecule has 0 radical (unpaired) electrons. The SMILES string of the molecule is CC(C)(COP(=O)(O)OP(=O)(O)OCC1OC(n2cnc3c(N)ncnc32)C(O)C1OP(=O)(O)O)C(O)C(=O)NCCC(=O)NCCSC(=O)C(N)CCC(=O)NC(CS(=O)(=O)O)C(=O)NCC(=O)O. The van der Waals surface area contributed by atoms with Gasteiger partial charge in [-0.2, -0.15) is 12.7 Å². The van der Waals surface area contributed by atoms with Gasteiger partial charge in [-0.25, -0.2) is 28.6 Å². The van der Waals surface area contributed by atoms with E-state index in [2.05, 4.69) is 34.4 Å². The lowest BCUT2D eigenvalue weighted by molar-refractivity contribution is -0.138. The number of aliphatic carboxylic acids is 1. The number of nitrogens with zero attached hydrogens (tertiary/aromatic N) is 4. The van der Waals surface area contributed by atoms with Gasteiger partial charge in [0.1, 0.15) is 54.6 Å². The number of hydrogen-bond donors (Lipinski definition) is 14. The maximum Gasteiger partial charge on any atom is 0.481 e. The Morgan fingerprint density at radius 3 is 2.24 bits per heavy atom. The molecule has 16 N–H and O–H groups in total. The average molecular weight is 1100 g/mol. The molecule has 2 aromatic rings. The van der Waals surface area contributed by atoms with Crippen LogP contribution in [0.2, 0.25) is 0 Å². The number of phosphoric ester groups is 3. The zero-order valence-electron chi connectivity index (χ0n) is 36.5. The lowest BCUT2D eigenvalue weighted by Gasteiger charge is -2.30. The summed E-state index contributed by atoms with van der Waals surface area (Å²) in [6.45, 7) is -1.13. The summed E-state index contributed by atoms with van der Waals surface area (Å²) in [7, 11) is -21.4. The van der Waals surface area contributed by atoms with E-state index in [0.717, 1.165) is 17.2 Å². The van der Waals surface area contributed by atoms with Crippen molar-refractivity contribution in [3.63, 3.8) is 0 Å². The van der Waals surface area contributed by atoms with Crippen LogP contribution in [0.3, 0.4) is 0 Å². The highest BCUT2D eigenvalue weighted by Gasteiger charge is 2.50. The number of phosphoric acid groups is 3. The minimum absolute atomic E-state index is 0.00452. The van der Waals surface area contributed by atoms with E-state index in [1.165, 1.54) is 13.8 Å². The molecule has 0 spiro atoms. The molecule has 3 rings (SSSR count). The average Bonchev–Trinajstić information content (AvgIpc) is 3.80. The molecule has 3 heterocycles. The zero-order chi connectivity index (χ0) is 53.0. The van der Waals surface area contributed by atoms with Gasteiger partial charge in [0, 0.05) is 37.1 Å². The van der Waals surface area contributed by atoms with E-state index in [1.54, 1.807) is 0 Å². The molecule has 396 valence electrons. The Labute approximate surface area is 399 Å². The third-order valence-electron chi connectivity index (χ3n) is 9.17. The first-order chi connectivity index (χ1) is 32.2. The largest absolute Gasteiger partial charge is 0.481 e. The highest BCUT2D eigenvalue weighted by atomic mass is 32.2. The fourth-order valence-corrected chi connectivity index (χ4v) is 9.96. The lowest BCUT2D eigenvalue weighted by Crippen LogP contribution is -2.51. The molecule has 0 saturated carbocycles. The van der Waals surface area contributed by atoms with Gasteiger partial charge >= 0.3 is 29.4 Å². The van der Waals surface area contributed by atoms with Crippen LogP contribution in [0.15, 0.2) is 12.7 Å². The second-order valence-corrected chi connectivity index (χ2v) is 22.2. The first kappa shape index (κ1) is 60.1. The monoisotopic (exact) mass is 1100 g/mol. The Morgan fingerprint density at radius 1 is 0.957 bits per heavy atom. The van der Waals surface area contributed by atoms with Crippen LogP contribution in [0.25, 0.3) is 11.2 Å². The Morgan fingerprint density at radius 2 is 1.61 bits per heavy atom. The molecular formula is C31H51N10O24P3S2. The minimum atomic E-state index is -5.65. The molecule has 2 aromatic heterocycles. The molecule has 1 aliphatic heterocycles. The smallest absolute Gasteiger partial charge is 0.480 e. The molecule has 4 amide bonds. The van der Waals surface area contributed by atoms with E-state index >= 15 is 0 Å². The van der Waals surface area contributed by atoms with Gasteiger partial charge in [0.2, 0.25) is 28.7 Å². The van der Waals surface area contributed by atoms with E-state index < -0.39 is 148 Å². The van der Waals surface area contributed by atoms with Crippen LogP contribution < -0.4 is 32.7 Å². The molecule has 1 saturated heterocycles. The highest BCUT2D eigenvalue weighted by molar-refractivity contribution is 8.13. The predicted octanol–water partition coefficient (Wildman–Crippen LogP) is -4.65. The van der Waals surface area contributed by atoms with Crippen molar-refractivity contribution in [3.05, 3.63) is 12.7 Å². The van der Waals surface area contributed by atoms with Crippen molar-refractivity contribution >= 4 is 97.0 Å². The van der Waals surface area contributed by atoms with Gasteiger partial charge in [0.15, 0.2) is 17.7 Å². The molecular weight excluding hydrogens is 1050 g/mol. The number of nitrogen functional groups attached to an aromatic ring is 1. The number of aliphatic hydroxyl groups excluding tert-OH is 2. The summed E-state index contributed by atoms with van der Waals surface area (Å²) in [5.41, 5.74) is 9.88. The van der Waals surface area contributed by atoms with Crippen molar-refractivity contribution in [1.29, 1.82) is 0 Å². The van der Waals surface area contributed by atoms with Gasteiger partial charge in [-0.1, -0.05) is 25.6 Å². The molecule has 70 heavy (non-hydrogen) atoms. The van der Waals surface area contributed by atoms with Crippen molar-refractivity contribution in [2.45, 2.75) is 75.8 Å². The van der Waals surface area contributed by atoms with E-state index in [9.17, 15) is 80.7 Å². The van der Waals surface area contributed by atoms with Crippen LogP contribution >= 0.6 is 35.2 Å². The van der Waals surface area contributed by atoms with Crippen molar-refractivity contribution in [3.8, 4) is 0 Å². The zero-order valence-corrected chi connectivity index (χ0v) is 40.8.